The van der Waals surface area contributed by atoms with Crippen molar-refractivity contribution in [1.82, 2.24) is 25.1 Å². The molecule has 2 aromatic heterocycles. The number of nitrogens with two attached hydrogens (primary N) is 1. The van der Waals surface area contributed by atoms with Crippen molar-refractivity contribution in [3.8, 4) is 11.6 Å². The number of aromatic nitrogens is 4. The highest BCUT2D eigenvalue weighted by Gasteiger charge is 2.32. The predicted octanol–water partition coefficient (Wildman–Crippen LogP) is 3.99. The molecule has 3 N–H and O–H groups in total. The summed E-state index contributed by atoms with van der Waals surface area (Å²) in [5.74, 6) is 2.69. The second kappa shape index (κ2) is 10.6. The van der Waals surface area contributed by atoms with Gasteiger partial charge in [-0.2, -0.15) is 0 Å². The van der Waals surface area contributed by atoms with Crippen molar-refractivity contribution in [2.24, 2.45) is 11.7 Å². The van der Waals surface area contributed by atoms with Gasteiger partial charge < -0.3 is 15.8 Å². The molecule has 1 aliphatic carbocycles. The number of pyridine rings is 1. The maximum atomic E-state index is 12.7. The Kier molecular flexibility index (Phi) is 7.25. The van der Waals surface area contributed by atoms with Gasteiger partial charge in [-0.05, 0) is 67.9 Å². The maximum Gasteiger partial charge on any atom is 0.237 e. The molecule has 0 saturated heterocycles. The first kappa shape index (κ1) is 24.7. The van der Waals surface area contributed by atoms with Crippen molar-refractivity contribution in [3.63, 3.8) is 0 Å². The summed E-state index contributed by atoms with van der Waals surface area (Å²) < 4.78 is 8.28. The van der Waals surface area contributed by atoms with E-state index in [1.54, 1.807) is 6.20 Å². The summed E-state index contributed by atoms with van der Waals surface area (Å²) in [7, 11) is 0. The molecule has 1 aliphatic heterocycles. The van der Waals surface area contributed by atoms with Gasteiger partial charge in [0.05, 0.1) is 11.7 Å². The molecule has 1 saturated carbocycles. The molecule has 3 heterocycles. The largest absolute Gasteiger partial charge is 0.474 e. The molecule has 3 aromatic rings. The number of amides is 1. The molecule has 2 atom stereocenters. The zero-order chi connectivity index (χ0) is 25.2. The van der Waals surface area contributed by atoms with Crippen LogP contribution < -0.4 is 15.8 Å². The summed E-state index contributed by atoms with van der Waals surface area (Å²) in [6.07, 6.45) is 6.92. The van der Waals surface area contributed by atoms with E-state index in [0.717, 1.165) is 48.6 Å². The molecule has 1 aromatic carbocycles. The Morgan fingerprint density at radius 2 is 1.94 bits per heavy atom. The summed E-state index contributed by atoms with van der Waals surface area (Å²) >= 11 is 6.38. The molecule has 190 valence electrons. The van der Waals surface area contributed by atoms with Crippen molar-refractivity contribution in [1.29, 1.82) is 0 Å². The minimum absolute atomic E-state index is 0.0598. The lowest BCUT2D eigenvalue weighted by atomic mass is 9.86. The monoisotopic (exact) mass is 508 g/mol. The van der Waals surface area contributed by atoms with Gasteiger partial charge >= 0.3 is 0 Å². The molecule has 2 aliphatic rings. The summed E-state index contributed by atoms with van der Waals surface area (Å²) in [5.41, 5.74) is 8.21. The Labute approximate surface area is 216 Å². The fraction of sp³-hybridized carbons (Fsp3) is 0.481. The van der Waals surface area contributed by atoms with Crippen LogP contribution in [-0.2, 0) is 17.6 Å². The average molecular weight is 509 g/mol. The lowest BCUT2D eigenvalue weighted by Crippen LogP contribution is -2.49. The van der Waals surface area contributed by atoms with Crippen LogP contribution in [0.3, 0.4) is 0 Å². The first-order valence-corrected chi connectivity index (χ1v) is 13.1. The first-order valence-electron chi connectivity index (χ1n) is 12.8. The number of hydrogen-bond donors (Lipinski definition) is 2. The number of hydrogen-bond acceptors (Lipinski definition) is 6. The fourth-order valence-corrected chi connectivity index (χ4v) is 5.41. The highest BCUT2D eigenvalue weighted by Crippen LogP contribution is 2.37. The lowest BCUT2D eigenvalue weighted by molar-refractivity contribution is -0.123. The molecule has 0 bridgehead atoms. The summed E-state index contributed by atoms with van der Waals surface area (Å²) in [6.45, 7) is 3.90. The molecule has 0 radical (unpaired) electrons. The molecular formula is C27H33ClN6O2. The topological polar surface area (TPSA) is 108 Å². The van der Waals surface area contributed by atoms with E-state index in [0.29, 0.717) is 23.7 Å². The third-order valence-electron chi connectivity index (χ3n) is 7.26. The summed E-state index contributed by atoms with van der Waals surface area (Å²) in [5, 5.41) is 13.1. The second-order valence-electron chi connectivity index (χ2n) is 10.2. The molecule has 9 heteroatoms. The first-order chi connectivity index (χ1) is 17.4. The Morgan fingerprint density at radius 1 is 1.14 bits per heavy atom. The van der Waals surface area contributed by atoms with E-state index in [-0.39, 0.29) is 29.9 Å². The predicted molar refractivity (Wildman–Crippen MR) is 138 cm³/mol. The Bertz CT molecular complexity index is 1210. The van der Waals surface area contributed by atoms with E-state index in [1.807, 2.05) is 50.2 Å². The molecule has 36 heavy (non-hydrogen) atoms. The number of rotatable bonds is 6. The van der Waals surface area contributed by atoms with Crippen LogP contribution in [0.15, 0.2) is 42.6 Å². The molecule has 5 rings (SSSR count). The smallest absolute Gasteiger partial charge is 0.237 e. The van der Waals surface area contributed by atoms with E-state index in [9.17, 15) is 4.79 Å². The lowest BCUT2D eigenvalue weighted by Gasteiger charge is -2.28. The van der Waals surface area contributed by atoms with Gasteiger partial charge in [0.2, 0.25) is 11.8 Å². The van der Waals surface area contributed by atoms with E-state index in [4.69, 9.17) is 22.1 Å². The Hall–Kier alpha value is -2.97. The number of fused-ring (bicyclic) bond motifs is 3. The summed E-state index contributed by atoms with van der Waals surface area (Å²) in [4.78, 5) is 17.0. The van der Waals surface area contributed by atoms with Crippen molar-refractivity contribution < 1.29 is 9.53 Å². The zero-order valence-corrected chi connectivity index (χ0v) is 21.5. The fourth-order valence-electron chi connectivity index (χ4n) is 5.21. The number of carbonyl (C=O) groups is 1. The molecule has 8 nitrogen and oxygen atoms in total. The SMILES string of the molecule is CC(C)[C@@H](N)C(=O)N[C@@H]1Cc2cc(Cl)ccc2-n2c(nnc2[C@H]2CC[C@H](Oc3ccccn3)CC2)C1. The second-order valence-corrected chi connectivity index (χ2v) is 10.7. The summed E-state index contributed by atoms with van der Waals surface area (Å²) in [6, 6.07) is 11.0. The van der Waals surface area contributed by atoms with Gasteiger partial charge in [-0.3, -0.25) is 9.36 Å². The van der Waals surface area contributed by atoms with E-state index in [2.05, 4.69) is 25.1 Å². The normalized spacial score (nSPS) is 22.3. The number of halogens is 1. The van der Waals surface area contributed by atoms with Crippen molar-refractivity contribution >= 4 is 17.5 Å². The van der Waals surface area contributed by atoms with Crippen molar-refractivity contribution in [2.75, 3.05) is 0 Å². The van der Waals surface area contributed by atoms with Gasteiger partial charge in [0.1, 0.15) is 17.8 Å². The number of nitrogens with one attached hydrogen (secondary N) is 1. The minimum Gasteiger partial charge on any atom is -0.474 e. The van der Waals surface area contributed by atoms with Crippen LogP contribution in [0.25, 0.3) is 5.69 Å². The molecule has 1 amide bonds. The Balaban J connectivity index is 1.37. The van der Waals surface area contributed by atoms with Crippen LogP contribution in [0.5, 0.6) is 5.88 Å². The number of nitrogens with zero attached hydrogens (tertiary/aromatic N) is 4. The molecular weight excluding hydrogens is 476 g/mol. The van der Waals surface area contributed by atoms with Crippen LogP contribution in [0.2, 0.25) is 5.02 Å². The highest BCUT2D eigenvalue weighted by molar-refractivity contribution is 6.30. The minimum atomic E-state index is -0.552. The van der Waals surface area contributed by atoms with Crippen LogP contribution in [-0.4, -0.2) is 43.8 Å². The number of ether oxygens (including phenoxy) is 1. The van der Waals surface area contributed by atoms with Crippen LogP contribution in [0.1, 0.15) is 62.7 Å². The van der Waals surface area contributed by atoms with Gasteiger partial charge in [-0.15, -0.1) is 10.2 Å². The average Bonchev–Trinajstić information content (AvgIpc) is 3.21. The van der Waals surface area contributed by atoms with Crippen molar-refractivity contribution in [2.45, 2.75) is 76.5 Å². The maximum absolute atomic E-state index is 12.7. The van der Waals surface area contributed by atoms with Crippen LogP contribution in [0, 0.1) is 5.92 Å². The number of carbonyl (C=O) groups excluding carboxylic acids is 1. The van der Waals surface area contributed by atoms with Gasteiger partial charge in [0.25, 0.3) is 0 Å². The van der Waals surface area contributed by atoms with Gasteiger partial charge in [-0.1, -0.05) is 31.5 Å². The third kappa shape index (κ3) is 5.25. The highest BCUT2D eigenvalue weighted by atomic mass is 35.5. The number of benzene rings is 1. The van der Waals surface area contributed by atoms with Crippen LogP contribution >= 0.6 is 11.6 Å². The van der Waals surface area contributed by atoms with Gasteiger partial charge in [0.15, 0.2) is 0 Å². The molecule has 0 unspecified atom stereocenters. The van der Waals surface area contributed by atoms with Crippen molar-refractivity contribution in [3.05, 3.63) is 64.8 Å². The quantitative estimate of drug-likeness (QED) is 0.521. The third-order valence-corrected chi connectivity index (χ3v) is 7.50. The Morgan fingerprint density at radius 3 is 2.67 bits per heavy atom. The standard InChI is InChI=1S/C27H33ClN6O2/c1-16(2)25(29)27(35)31-20-14-18-13-19(28)8-11-22(18)34-23(15-20)32-33-26(34)17-6-9-21(10-7-17)36-24-5-3-4-12-30-24/h3-5,8,11-13,16-17,20-21,25H,6-7,9-10,14-15,29H2,1-2H3,(H,31,35)/t17-,20-,21-,25-/m1/s1. The zero-order valence-electron chi connectivity index (χ0n) is 20.7. The van der Waals surface area contributed by atoms with Gasteiger partial charge in [0, 0.05) is 35.7 Å². The molecule has 1 fully saturated rings. The van der Waals surface area contributed by atoms with E-state index in [1.165, 1.54) is 0 Å². The van der Waals surface area contributed by atoms with E-state index < -0.39 is 6.04 Å². The van der Waals surface area contributed by atoms with Gasteiger partial charge in [-0.25, -0.2) is 4.98 Å². The van der Waals surface area contributed by atoms with Crippen LogP contribution in [0.4, 0.5) is 0 Å². The van der Waals surface area contributed by atoms with E-state index >= 15 is 0 Å². The molecule has 0 spiro atoms.